The van der Waals surface area contributed by atoms with Crippen LogP contribution in [0, 0.1) is 10.8 Å². The molecule has 0 aliphatic heterocycles. The molecule has 222 valence electrons. The summed E-state index contributed by atoms with van der Waals surface area (Å²) in [5.41, 5.74) is 10.8. The Morgan fingerprint density at radius 2 is 1.02 bits per heavy atom. The van der Waals surface area contributed by atoms with Crippen LogP contribution in [0.4, 0.5) is 0 Å². The third-order valence-electron chi connectivity index (χ3n) is 8.57. The fourth-order valence-corrected chi connectivity index (χ4v) is 5.82. The minimum Gasteiger partial charge on any atom is -0.395 e. The molecule has 0 bridgehead atoms. The zero-order chi connectivity index (χ0) is 30.5. The van der Waals surface area contributed by atoms with Crippen LogP contribution in [0.15, 0.2) is 130 Å². The lowest BCUT2D eigenvalue weighted by Gasteiger charge is -2.34. The van der Waals surface area contributed by atoms with E-state index >= 15 is 0 Å². The SMILES string of the molecule is CC1=C(/C=C/C(C)=C/C=C/C(C)=C/C=C/C=C(C)/C=C/C=C(C)/C=C/C2=C(C)CCCC2(C)CO)C(C)(C)CCC1. The summed E-state index contributed by atoms with van der Waals surface area (Å²) in [7, 11) is 0. The minimum atomic E-state index is -0.112. The highest BCUT2D eigenvalue weighted by atomic mass is 16.3. The Kier molecular flexibility index (Phi) is 13.8. The Morgan fingerprint density at radius 3 is 1.51 bits per heavy atom. The molecule has 41 heavy (non-hydrogen) atoms. The first-order valence-corrected chi connectivity index (χ1v) is 15.5. The average molecular weight is 553 g/mol. The molecule has 0 heterocycles. The zero-order valence-electron chi connectivity index (χ0n) is 27.5. The Balaban J connectivity index is 1.90. The normalized spacial score (nSPS) is 24.0. The van der Waals surface area contributed by atoms with Crippen LogP contribution in [0.5, 0.6) is 0 Å². The molecule has 2 aliphatic rings. The first-order chi connectivity index (χ1) is 19.4. The standard InChI is InChI=1S/C40H56O/c1-31(18-12-20-33(3)24-26-37-35(5)22-14-28-39(37,7)8)16-10-11-17-32(2)19-13-21-34(4)25-27-38-36(6)23-15-29-40(38,9)30-41/h10-13,16-21,24-27,41H,14-15,22-23,28-30H2,1-9H3/b11-10+,18-12+,19-13+,26-24+,27-25+,31-16+,32-17+,33-20+,34-21+. The van der Waals surface area contributed by atoms with Gasteiger partial charge in [0.15, 0.2) is 0 Å². The van der Waals surface area contributed by atoms with Gasteiger partial charge in [-0.1, -0.05) is 139 Å². The molecule has 0 saturated heterocycles. The number of allylic oxidation sites excluding steroid dienone is 21. The maximum absolute atomic E-state index is 9.94. The molecule has 0 saturated carbocycles. The van der Waals surface area contributed by atoms with Crippen LogP contribution in [0.3, 0.4) is 0 Å². The van der Waals surface area contributed by atoms with E-state index < -0.39 is 0 Å². The van der Waals surface area contributed by atoms with Gasteiger partial charge in [-0.3, -0.25) is 0 Å². The summed E-state index contributed by atoms with van der Waals surface area (Å²) in [5.74, 6) is 0. The van der Waals surface area contributed by atoms with E-state index in [0.717, 1.165) is 19.3 Å². The van der Waals surface area contributed by atoms with E-state index in [4.69, 9.17) is 0 Å². The lowest BCUT2D eigenvalue weighted by Crippen LogP contribution is -2.27. The van der Waals surface area contributed by atoms with Gasteiger partial charge < -0.3 is 5.11 Å². The molecular weight excluding hydrogens is 496 g/mol. The molecule has 0 aromatic rings. The highest BCUT2D eigenvalue weighted by molar-refractivity contribution is 5.39. The summed E-state index contributed by atoms with van der Waals surface area (Å²) in [6.07, 6.45) is 37.4. The quantitative estimate of drug-likeness (QED) is 0.253. The average Bonchev–Trinajstić information content (AvgIpc) is 2.90. The smallest absolute Gasteiger partial charge is 0.0525 e. The molecular formula is C40H56O. The Morgan fingerprint density at radius 1 is 0.610 bits per heavy atom. The fourth-order valence-electron chi connectivity index (χ4n) is 5.82. The van der Waals surface area contributed by atoms with Crippen LogP contribution in [0.25, 0.3) is 0 Å². The fraction of sp³-hybridized carbons (Fsp3) is 0.450. The van der Waals surface area contributed by atoms with Gasteiger partial charge in [0.2, 0.25) is 0 Å². The van der Waals surface area contributed by atoms with Crippen molar-refractivity contribution in [1.82, 2.24) is 0 Å². The van der Waals surface area contributed by atoms with Crippen LogP contribution < -0.4 is 0 Å². The molecule has 0 radical (unpaired) electrons. The number of hydrogen-bond acceptors (Lipinski definition) is 1. The molecule has 1 N–H and O–H groups in total. The van der Waals surface area contributed by atoms with E-state index in [1.165, 1.54) is 58.3 Å². The van der Waals surface area contributed by atoms with Gasteiger partial charge in [0, 0.05) is 5.41 Å². The molecule has 0 aromatic carbocycles. The largest absolute Gasteiger partial charge is 0.395 e. The van der Waals surface area contributed by atoms with Gasteiger partial charge in [-0.15, -0.1) is 0 Å². The highest BCUT2D eigenvalue weighted by Crippen LogP contribution is 2.41. The molecule has 1 unspecified atom stereocenters. The van der Waals surface area contributed by atoms with Crippen molar-refractivity contribution in [2.24, 2.45) is 10.8 Å². The maximum Gasteiger partial charge on any atom is 0.0525 e. The Labute approximate surface area is 252 Å². The third-order valence-corrected chi connectivity index (χ3v) is 8.57. The van der Waals surface area contributed by atoms with Crippen molar-refractivity contribution >= 4 is 0 Å². The van der Waals surface area contributed by atoms with Gasteiger partial charge >= 0.3 is 0 Å². The second-order valence-corrected chi connectivity index (χ2v) is 13.1. The predicted molar refractivity (Wildman–Crippen MR) is 183 cm³/mol. The molecule has 0 fully saturated rings. The van der Waals surface area contributed by atoms with Crippen molar-refractivity contribution in [3.63, 3.8) is 0 Å². The van der Waals surface area contributed by atoms with Crippen LogP contribution in [-0.4, -0.2) is 11.7 Å². The summed E-state index contributed by atoms with van der Waals surface area (Å²) in [6.45, 7) is 20.2. The van der Waals surface area contributed by atoms with Gasteiger partial charge in [-0.25, -0.2) is 0 Å². The van der Waals surface area contributed by atoms with Gasteiger partial charge in [0.05, 0.1) is 6.61 Å². The monoisotopic (exact) mass is 552 g/mol. The van der Waals surface area contributed by atoms with Crippen LogP contribution in [0.1, 0.15) is 101 Å². The van der Waals surface area contributed by atoms with E-state index in [1.807, 2.05) is 0 Å². The molecule has 0 aromatic heterocycles. The summed E-state index contributed by atoms with van der Waals surface area (Å²) < 4.78 is 0. The van der Waals surface area contributed by atoms with Crippen molar-refractivity contribution < 1.29 is 5.11 Å². The van der Waals surface area contributed by atoms with Crippen molar-refractivity contribution in [2.45, 2.75) is 101 Å². The van der Waals surface area contributed by atoms with E-state index in [1.54, 1.807) is 5.57 Å². The molecule has 2 rings (SSSR count). The molecule has 1 heteroatoms. The van der Waals surface area contributed by atoms with E-state index in [2.05, 4.69) is 147 Å². The Bertz CT molecular complexity index is 1240. The van der Waals surface area contributed by atoms with E-state index in [9.17, 15) is 5.11 Å². The van der Waals surface area contributed by atoms with Crippen molar-refractivity contribution in [1.29, 1.82) is 0 Å². The number of aliphatic hydroxyl groups excluding tert-OH is 1. The molecule has 1 nitrogen and oxygen atoms in total. The molecule has 2 aliphatic carbocycles. The Hall–Kier alpha value is -2.90. The summed E-state index contributed by atoms with van der Waals surface area (Å²) in [6, 6.07) is 0. The lowest BCUT2D eigenvalue weighted by atomic mass is 9.71. The van der Waals surface area contributed by atoms with Gasteiger partial charge in [-0.2, -0.15) is 0 Å². The molecule has 0 spiro atoms. The highest BCUT2D eigenvalue weighted by Gasteiger charge is 2.30. The number of rotatable bonds is 11. The van der Waals surface area contributed by atoms with Crippen molar-refractivity contribution in [2.75, 3.05) is 6.61 Å². The summed E-state index contributed by atoms with van der Waals surface area (Å²) in [5, 5.41) is 9.94. The summed E-state index contributed by atoms with van der Waals surface area (Å²) in [4.78, 5) is 0. The molecule has 1 atom stereocenters. The number of hydrogen-bond donors (Lipinski definition) is 1. The van der Waals surface area contributed by atoms with E-state index in [-0.39, 0.29) is 17.4 Å². The van der Waals surface area contributed by atoms with Crippen LogP contribution in [0.2, 0.25) is 0 Å². The summed E-state index contributed by atoms with van der Waals surface area (Å²) >= 11 is 0. The van der Waals surface area contributed by atoms with Crippen LogP contribution in [-0.2, 0) is 0 Å². The van der Waals surface area contributed by atoms with Crippen molar-refractivity contribution in [3.05, 3.63) is 130 Å². The first-order valence-electron chi connectivity index (χ1n) is 15.5. The minimum absolute atomic E-state index is 0.112. The topological polar surface area (TPSA) is 20.2 Å². The van der Waals surface area contributed by atoms with E-state index in [0.29, 0.717) is 0 Å². The number of aliphatic hydroxyl groups is 1. The predicted octanol–water partition coefficient (Wildman–Crippen LogP) is 11.6. The zero-order valence-corrected chi connectivity index (χ0v) is 27.5. The van der Waals surface area contributed by atoms with Gasteiger partial charge in [-0.05, 0) is 96.6 Å². The van der Waals surface area contributed by atoms with Gasteiger partial charge in [0.1, 0.15) is 0 Å². The first kappa shape index (κ1) is 34.3. The molecule has 0 amide bonds. The van der Waals surface area contributed by atoms with Gasteiger partial charge in [0.25, 0.3) is 0 Å². The second-order valence-electron chi connectivity index (χ2n) is 13.1. The lowest BCUT2D eigenvalue weighted by molar-refractivity contribution is 0.159. The van der Waals surface area contributed by atoms with Crippen LogP contribution >= 0.6 is 0 Å². The second kappa shape index (κ2) is 16.5. The third kappa shape index (κ3) is 11.5. The maximum atomic E-state index is 9.94. The van der Waals surface area contributed by atoms with Crippen molar-refractivity contribution in [3.8, 4) is 0 Å².